The number of rotatable bonds is 7. The summed E-state index contributed by atoms with van der Waals surface area (Å²) in [5.41, 5.74) is -0.858. The number of hydrogen-bond acceptors (Lipinski definition) is 5. The summed E-state index contributed by atoms with van der Waals surface area (Å²) in [6, 6.07) is 7.72. The molecule has 1 heterocycles. The third-order valence-electron chi connectivity index (χ3n) is 5.31. The maximum atomic E-state index is 13.3. The molecule has 1 atom stereocenters. The van der Waals surface area contributed by atoms with Crippen molar-refractivity contribution in [2.24, 2.45) is 5.92 Å². The molecule has 2 amide bonds. The number of halogens is 3. The Balaban J connectivity index is 1.58. The number of alkyl halides is 3. The fourth-order valence-corrected chi connectivity index (χ4v) is 4.71. The largest absolute Gasteiger partial charge is 0.493 e. The fourth-order valence-electron chi connectivity index (χ4n) is 3.38. The Bertz CT molecular complexity index is 1160. The zero-order valence-corrected chi connectivity index (χ0v) is 17.7. The van der Waals surface area contributed by atoms with Gasteiger partial charge in [-0.25, -0.2) is 0 Å². The van der Waals surface area contributed by atoms with E-state index < -0.39 is 45.6 Å². The molecular weight excluding hydrogens is 449 g/mol. The van der Waals surface area contributed by atoms with Gasteiger partial charge in [-0.05, 0) is 55.5 Å². The minimum absolute atomic E-state index is 0.0409. The van der Waals surface area contributed by atoms with Crippen LogP contribution < -0.4 is 9.46 Å². The molecule has 2 aromatic rings. The topological polar surface area (TPSA) is 92.8 Å². The number of benzene rings is 2. The number of ether oxygens (including phenoxy) is 1. The van der Waals surface area contributed by atoms with Crippen LogP contribution in [-0.4, -0.2) is 31.1 Å². The Hall–Kier alpha value is -2.92. The standard InChI is InChI=1S/C21H19F3N2O5S/c1-12(14-8-9-17(21(22,23)24)18(10-14)31-11-13-6-7-13)25-32(29,30)26-19(27)15-4-2-3-5-16(15)20(26)28/h2-5,8-10,12-13,25H,6-7,11H2,1H3/t12-/m0/s1. The second-order valence-electron chi connectivity index (χ2n) is 7.77. The highest BCUT2D eigenvalue weighted by atomic mass is 32.2. The third-order valence-corrected chi connectivity index (χ3v) is 6.77. The van der Waals surface area contributed by atoms with Crippen molar-refractivity contribution < 1.29 is 35.9 Å². The lowest BCUT2D eigenvalue weighted by Crippen LogP contribution is -2.44. The second kappa shape index (κ2) is 7.89. The highest BCUT2D eigenvalue weighted by molar-refractivity contribution is 7.88. The molecule has 1 aliphatic heterocycles. The third kappa shape index (κ3) is 4.22. The number of hydrogen-bond donors (Lipinski definition) is 1. The van der Waals surface area contributed by atoms with Crippen LogP contribution in [-0.2, 0) is 16.4 Å². The number of carbonyl (C=O) groups is 2. The van der Waals surface area contributed by atoms with Gasteiger partial charge >= 0.3 is 16.4 Å². The van der Waals surface area contributed by atoms with Gasteiger partial charge in [0.25, 0.3) is 11.8 Å². The van der Waals surface area contributed by atoms with E-state index in [1.54, 1.807) is 0 Å². The molecule has 1 fully saturated rings. The van der Waals surface area contributed by atoms with E-state index in [1.807, 2.05) is 0 Å². The van der Waals surface area contributed by atoms with Gasteiger partial charge in [0.05, 0.1) is 23.3 Å². The number of fused-ring (bicyclic) bond motifs is 1. The average molecular weight is 468 g/mol. The molecule has 170 valence electrons. The van der Waals surface area contributed by atoms with Crippen molar-refractivity contribution in [3.63, 3.8) is 0 Å². The number of nitrogens with one attached hydrogen (secondary N) is 1. The van der Waals surface area contributed by atoms with Gasteiger partial charge < -0.3 is 4.74 Å². The first kappa shape index (κ1) is 22.3. The van der Waals surface area contributed by atoms with Gasteiger partial charge in [-0.3, -0.25) is 9.59 Å². The SMILES string of the molecule is C[C@H](NS(=O)(=O)N1C(=O)c2ccccc2C1=O)c1ccc(C(F)(F)F)c(OCC2CC2)c1. The summed E-state index contributed by atoms with van der Waals surface area (Å²) in [5.74, 6) is -2.17. The quantitative estimate of drug-likeness (QED) is 0.626. The molecule has 7 nitrogen and oxygen atoms in total. The summed E-state index contributed by atoms with van der Waals surface area (Å²) < 4.78 is 73.3. The van der Waals surface area contributed by atoms with E-state index in [2.05, 4.69) is 4.72 Å². The first-order valence-electron chi connectivity index (χ1n) is 9.83. The van der Waals surface area contributed by atoms with Crippen molar-refractivity contribution >= 4 is 22.0 Å². The van der Waals surface area contributed by atoms with E-state index in [0.717, 1.165) is 31.0 Å². The van der Waals surface area contributed by atoms with Crippen molar-refractivity contribution in [1.82, 2.24) is 9.03 Å². The van der Waals surface area contributed by atoms with E-state index in [-0.39, 0.29) is 33.5 Å². The Morgan fingerprint density at radius 3 is 2.22 bits per heavy atom. The Labute approximate surface area is 182 Å². The van der Waals surface area contributed by atoms with Crippen LogP contribution in [0.1, 0.15) is 57.7 Å². The molecule has 2 aromatic carbocycles. The molecule has 0 unspecified atom stereocenters. The van der Waals surface area contributed by atoms with Crippen LogP contribution in [0.15, 0.2) is 42.5 Å². The second-order valence-corrected chi connectivity index (χ2v) is 9.32. The number of amides is 2. The lowest BCUT2D eigenvalue weighted by molar-refractivity contribution is -0.139. The van der Waals surface area contributed by atoms with Crippen molar-refractivity contribution in [1.29, 1.82) is 0 Å². The Morgan fingerprint density at radius 2 is 1.69 bits per heavy atom. The van der Waals surface area contributed by atoms with Crippen LogP contribution in [0.4, 0.5) is 13.2 Å². The molecule has 1 N–H and O–H groups in total. The zero-order valence-electron chi connectivity index (χ0n) is 16.8. The molecule has 2 aliphatic rings. The summed E-state index contributed by atoms with van der Waals surface area (Å²) in [6.45, 7) is 1.53. The van der Waals surface area contributed by atoms with Gasteiger partial charge in [0.1, 0.15) is 5.75 Å². The van der Waals surface area contributed by atoms with E-state index in [4.69, 9.17) is 4.74 Å². The fraction of sp³-hybridized carbons (Fsp3) is 0.333. The average Bonchev–Trinajstić information content (AvgIpc) is 3.51. The van der Waals surface area contributed by atoms with Crippen molar-refractivity contribution in [3.05, 3.63) is 64.7 Å². The van der Waals surface area contributed by atoms with Crippen molar-refractivity contribution in [3.8, 4) is 5.75 Å². The monoisotopic (exact) mass is 468 g/mol. The summed E-state index contributed by atoms with van der Waals surface area (Å²) in [5, 5.41) is 0. The molecule has 32 heavy (non-hydrogen) atoms. The smallest absolute Gasteiger partial charge is 0.419 e. The van der Waals surface area contributed by atoms with Gasteiger partial charge in [0, 0.05) is 6.04 Å². The van der Waals surface area contributed by atoms with Crippen LogP contribution in [0.3, 0.4) is 0 Å². The Morgan fingerprint density at radius 1 is 1.09 bits per heavy atom. The van der Waals surface area contributed by atoms with Crippen LogP contribution in [0.25, 0.3) is 0 Å². The molecule has 0 saturated heterocycles. The van der Waals surface area contributed by atoms with Gasteiger partial charge in [0.15, 0.2) is 0 Å². The molecular formula is C21H19F3N2O5S. The molecule has 1 aliphatic carbocycles. The van der Waals surface area contributed by atoms with E-state index in [0.29, 0.717) is 0 Å². The lowest BCUT2D eigenvalue weighted by atomic mass is 10.1. The Kier molecular flexibility index (Phi) is 5.49. The molecule has 0 bridgehead atoms. The summed E-state index contributed by atoms with van der Waals surface area (Å²) >= 11 is 0. The first-order valence-corrected chi connectivity index (χ1v) is 11.3. The predicted molar refractivity (Wildman–Crippen MR) is 107 cm³/mol. The minimum Gasteiger partial charge on any atom is -0.493 e. The molecule has 0 radical (unpaired) electrons. The van der Waals surface area contributed by atoms with Crippen LogP contribution >= 0.6 is 0 Å². The normalized spacial score (nSPS) is 17.4. The van der Waals surface area contributed by atoms with Gasteiger partial charge in [-0.15, -0.1) is 0 Å². The maximum absolute atomic E-state index is 13.3. The highest BCUT2D eigenvalue weighted by Crippen LogP contribution is 2.39. The molecule has 0 aromatic heterocycles. The predicted octanol–water partition coefficient (Wildman–Crippen LogP) is 3.69. The summed E-state index contributed by atoms with van der Waals surface area (Å²) in [7, 11) is -4.62. The van der Waals surface area contributed by atoms with Crippen molar-refractivity contribution in [2.75, 3.05) is 6.61 Å². The van der Waals surface area contributed by atoms with Gasteiger partial charge in [0.2, 0.25) is 0 Å². The number of imide groups is 1. The van der Waals surface area contributed by atoms with Crippen LogP contribution in [0.2, 0.25) is 0 Å². The van der Waals surface area contributed by atoms with Crippen LogP contribution in [0, 0.1) is 5.92 Å². The summed E-state index contributed by atoms with van der Waals surface area (Å²) in [4.78, 5) is 25.0. The molecule has 0 spiro atoms. The van der Waals surface area contributed by atoms with Crippen LogP contribution in [0.5, 0.6) is 5.75 Å². The highest BCUT2D eigenvalue weighted by Gasteiger charge is 2.44. The minimum atomic E-state index is -4.64. The molecule has 4 rings (SSSR count). The van der Waals surface area contributed by atoms with E-state index >= 15 is 0 Å². The van der Waals surface area contributed by atoms with Crippen molar-refractivity contribution in [2.45, 2.75) is 32.0 Å². The zero-order chi connectivity index (χ0) is 23.3. The van der Waals surface area contributed by atoms with Gasteiger partial charge in [-0.1, -0.05) is 18.2 Å². The molecule has 1 saturated carbocycles. The maximum Gasteiger partial charge on any atom is 0.419 e. The number of carbonyl (C=O) groups excluding carboxylic acids is 2. The van der Waals surface area contributed by atoms with E-state index in [9.17, 15) is 31.2 Å². The molecule has 11 heteroatoms. The lowest BCUT2D eigenvalue weighted by Gasteiger charge is -2.21. The van der Waals surface area contributed by atoms with E-state index in [1.165, 1.54) is 31.2 Å². The summed E-state index contributed by atoms with van der Waals surface area (Å²) in [6.07, 6.45) is -2.87. The first-order chi connectivity index (χ1) is 15.0. The van der Waals surface area contributed by atoms with Gasteiger partial charge in [-0.2, -0.15) is 30.6 Å². The number of nitrogens with zero attached hydrogens (tertiary/aromatic N) is 1.